The van der Waals surface area contributed by atoms with Crippen molar-refractivity contribution in [1.82, 2.24) is 15.5 Å². The minimum Gasteiger partial charge on any atom is -0.493 e. The van der Waals surface area contributed by atoms with Crippen molar-refractivity contribution >= 4 is 23.2 Å². The number of guanidine groups is 1. The first-order chi connectivity index (χ1) is 14.2. The van der Waals surface area contributed by atoms with Crippen molar-refractivity contribution in [2.45, 2.75) is 32.7 Å². The second-order valence-electron chi connectivity index (χ2n) is 7.35. The molecule has 0 saturated heterocycles. The molecule has 1 amide bonds. The minimum absolute atomic E-state index is 0.0812. The Morgan fingerprint density at radius 2 is 2.17 bits per heavy atom. The van der Waals surface area contributed by atoms with Crippen LogP contribution in [0, 0.1) is 0 Å². The molecule has 2 aliphatic rings. The van der Waals surface area contributed by atoms with Gasteiger partial charge < -0.3 is 20.3 Å². The van der Waals surface area contributed by atoms with Crippen LogP contribution in [0.25, 0.3) is 0 Å². The fourth-order valence-electron chi connectivity index (χ4n) is 3.77. The number of benzene rings is 1. The summed E-state index contributed by atoms with van der Waals surface area (Å²) in [6, 6.07) is 8.54. The van der Waals surface area contributed by atoms with E-state index in [2.05, 4.69) is 45.3 Å². The average Bonchev–Trinajstić information content (AvgIpc) is 3.39. The number of rotatable bonds is 6. The van der Waals surface area contributed by atoms with E-state index in [0.717, 1.165) is 51.3 Å². The first-order valence-corrected chi connectivity index (χ1v) is 11.2. The second kappa shape index (κ2) is 9.31. The van der Waals surface area contributed by atoms with E-state index in [4.69, 9.17) is 4.74 Å². The summed E-state index contributed by atoms with van der Waals surface area (Å²) in [6.45, 7) is 6.01. The molecule has 6 nitrogen and oxygen atoms in total. The van der Waals surface area contributed by atoms with Crippen LogP contribution in [-0.4, -0.2) is 49.6 Å². The smallest absolute Gasteiger partial charge is 0.244 e. The standard InChI is InChI=1S/C22H28N4O2S/c1-2-23-22(24-9-5-16-3-4-19-17(13-16)7-11-28-19)25-14-21(27)26-10-6-20-18(15-26)8-12-29-20/h3-4,8,12-13H,2,5-7,9-11,14-15H2,1H3,(H2,23,24,25). The number of ether oxygens (including phenoxy) is 1. The summed E-state index contributed by atoms with van der Waals surface area (Å²) < 4.78 is 5.57. The van der Waals surface area contributed by atoms with Gasteiger partial charge in [-0.25, -0.2) is 4.99 Å². The fourth-order valence-corrected chi connectivity index (χ4v) is 4.66. The van der Waals surface area contributed by atoms with Crippen LogP contribution < -0.4 is 15.4 Å². The highest BCUT2D eigenvalue weighted by Crippen LogP contribution is 2.26. The Kier molecular flexibility index (Phi) is 6.34. The number of hydrogen-bond acceptors (Lipinski definition) is 4. The Balaban J connectivity index is 1.28. The van der Waals surface area contributed by atoms with E-state index >= 15 is 0 Å². The van der Waals surface area contributed by atoms with E-state index in [-0.39, 0.29) is 12.5 Å². The van der Waals surface area contributed by atoms with Crippen LogP contribution in [0.4, 0.5) is 0 Å². The maximum absolute atomic E-state index is 12.6. The molecule has 0 saturated carbocycles. The van der Waals surface area contributed by atoms with Crippen LogP contribution in [0.2, 0.25) is 0 Å². The van der Waals surface area contributed by atoms with E-state index < -0.39 is 0 Å². The summed E-state index contributed by atoms with van der Waals surface area (Å²) >= 11 is 1.79. The van der Waals surface area contributed by atoms with Gasteiger partial charge in [0.15, 0.2) is 5.96 Å². The summed E-state index contributed by atoms with van der Waals surface area (Å²) in [5, 5.41) is 8.68. The Labute approximate surface area is 176 Å². The number of aliphatic imine (C=N–C) groups is 1. The van der Waals surface area contributed by atoms with Gasteiger partial charge in [-0.2, -0.15) is 0 Å². The number of carbonyl (C=O) groups excluding carboxylic acids is 1. The molecule has 154 valence electrons. The molecule has 0 unspecified atom stereocenters. The third kappa shape index (κ3) is 4.90. The highest BCUT2D eigenvalue weighted by atomic mass is 32.1. The predicted molar refractivity (Wildman–Crippen MR) is 117 cm³/mol. The van der Waals surface area contributed by atoms with E-state index in [0.29, 0.717) is 12.5 Å². The summed E-state index contributed by atoms with van der Waals surface area (Å²) in [4.78, 5) is 20.4. The normalized spacial score (nSPS) is 15.5. The van der Waals surface area contributed by atoms with E-state index in [1.807, 2.05) is 11.8 Å². The van der Waals surface area contributed by atoms with E-state index in [1.165, 1.54) is 21.6 Å². The van der Waals surface area contributed by atoms with Crippen LogP contribution in [0.1, 0.15) is 28.5 Å². The molecular formula is C22H28N4O2S. The zero-order valence-corrected chi connectivity index (χ0v) is 17.7. The summed E-state index contributed by atoms with van der Waals surface area (Å²) in [5.74, 6) is 1.79. The van der Waals surface area contributed by atoms with Crippen molar-refractivity contribution in [1.29, 1.82) is 0 Å². The summed E-state index contributed by atoms with van der Waals surface area (Å²) in [5.41, 5.74) is 3.86. The molecule has 2 aliphatic heterocycles. The fraction of sp³-hybridized carbons (Fsp3) is 0.455. The molecule has 0 radical (unpaired) electrons. The number of carbonyl (C=O) groups is 1. The Bertz CT molecular complexity index is 893. The van der Waals surface area contributed by atoms with Gasteiger partial charge in [0, 0.05) is 37.5 Å². The molecule has 0 atom stereocenters. The Morgan fingerprint density at radius 3 is 3.07 bits per heavy atom. The molecule has 0 spiro atoms. The highest BCUT2D eigenvalue weighted by molar-refractivity contribution is 7.10. The zero-order chi connectivity index (χ0) is 20.1. The van der Waals surface area contributed by atoms with Crippen LogP contribution in [0.3, 0.4) is 0 Å². The van der Waals surface area contributed by atoms with Crippen molar-refractivity contribution < 1.29 is 9.53 Å². The monoisotopic (exact) mass is 412 g/mol. The zero-order valence-electron chi connectivity index (χ0n) is 16.9. The molecule has 0 aliphatic carbocycles. The number of hydrogen-bond donors (Lipinski definition) is 2. The van der Waals surface area contributed by atoms with Gasteiger partial charge in [-0.3, -0.25) is 4.79 Å². The lowest BCUT2D eigenvalue weighted by Crippen LogP contribution is -2.40. The van der Waals surface area contributed by atoms with Gasteiger partial charge in [0.05, 0.1) is 6.61 Å². The van der Waals surface area contributed by atoms with Gasteiger partial charge in [-0.1, -0.05) is 12.1 Å². The topological polar surface area (TPSA) is 66.0 Å². The molecule has 4 rings (SSSR count). The molecule has 3 heterocycles. The summed E-state index contributed by atoms with van der Waals surface area (Å²) in [7, 11) is 0. The van der Waals surface area contributed by atoms with Gasteiger partial charge in [-0.05, 0) is 54.0 Å². The predicted octanol–water partition coefficient (Wildman–Crippen LogP) is 2.37. The molecule has 2 N–H and O–H groups in total. The lowest BCUT2D eigenvalue weighted by atomic mass is 10.1. The van der Waals surface area contributed by atoms with Crippen molar-refractivity contribution in [3.05, 3.63) is 51.2 Å². The van der Waals surface area contributed by atoms with Gasteiger partial charge >= 0.3 is 0 Å². The van der Waals surface area contributed by atoms with Crippen LogP contribution >= 0.6 is 11.3 Å². The first kappa shape index (κ1) is 19.8. The third-order valence-corrected chi connectivity index (χ3v) is 6.36. The van der Waals surface area contributed by atoms with Crippen molar-refractivity contribution in [2.75, 3.05) is 32.8 Å². The number of amides is 1. The molecular weight excluding hydrogens is 384 g/mol. The van der Waals surface area contributed by atoms with Crippen molar-refractivity contribution in [3.8, 4) is 5.75 Å². The van der Waals surface area contributed by atoms with Gasteiger partial charge in [-0.15, -0.1) is 11.3 Å². The average molecular weight is 413 g/mol. The maximum Gasteiger partial charge on any atom is 0.244 e. The van der Waals surface area contributed by atoms with Crippen molar-refractivity contribution in [3.63, 3.8) is 0 Å². The third-order valence-electron chi connectivity index (χ3n) is 5.34. The lowest BCUT2D eigenvalue weighted by molar-refractivity contribution is -0.130. The van der Waals surface area contributed by atoms with Crippen molar-refractivity contribution in [2.24, 2.45) is 4.99 Å². The Morgan fingerprint density at radius 1 is 1.24 bits per heavy atom. The highest BCUT2D eigenvalue weighted by Gasteiger charge is 2.21. The number of fused-ring (bicyclic) bond motifs is 2. The van der Waals surface area contributed by atoms with Crippen LogP contribution in [0.15, 0.2) is 34.6 Å². The Hall–Kier alpha value is -2.54. The molecule has 2 aromatic rings. The first-order valence-electron chi connectivity index (χ1n) is 10.3. The largest absolute Gasteiger partial charge is 0.493 e. The van der Waals surface area contributed by atoms with E-state index in [9.17, 15) is 4.79 Å². The maximum atomic E-state index is 12.6. The SMILES string of the molecule is CCNC(=NCC(=O)N1CCc2sccc2C1)NCCc1ccc2c(c1)CCO2. The number of nitrogens with zero attached hydrogens (tertiary/aromatic N) is 2. The molecule has 29 heavy (non-hydrogen) atoms. The van der Waals surface area contributed by atoms with Gasteiger partial charge in [0.1, 0.15) is 12.3 Å². The van der Waals surface area contributed by atoms with Crippen LogP contribution in [-0.2, 0) is 30.6 Å². The molecule has 1 aromatic heterocycles. The molecule has 0 bridgehead atoms. The lowest BCUT2D eigenvalue weighted by Gasteiger charge is -2.26. The number of thiophene rings is 1. The van der Waals surface area contributed by atoms with Crippen LogP contribution in [0.5, 0.6) is 5.75 Å². The molecule has 0 fully saturated rings. The van der Waals surface area contributed by atoms with Gasteiger partial charge in [0.25, 0.3) is 0 Å². The number of nitrogens with one attached hydrogen (secondary N) is 2. The molecule has 7 heteroatoms. The second-order valence-corrected chi connectivity index (χ2v) is 8.35. The molecule has 1 aromatic carbocycles. The van der Waals surface area contributed by atoms with Gasteiger partial charge in [0.2, 0.25) is 5.91 Å². The summed E-state index contributed by atoms with van der Waals surface area (Å²) in [6.07, 6.45) is 2.84. The quantitative estimate of drug-likeness (QED) is 0.565. The van der Waals surface area contributed by atoms with E-state index in [1.54, 1.807) is 11.3 Å². The minimum atomic E-state index is 0.0812.